The first-order chi connectivity index (χ1) is 14.6. The molecule has 1 N–H and O–H groups in total. The third kappa shape index (κ3) is 3.38. The topological polar surface area (TPSA) is 107 Å². The van der Waals surface area contributed by atoms with E-state index in [2.05, 4.69) is 25.7 Å². The molecule has 0 saturated heterocycles. The molecule has 1 aliphatic carbocycles. The molecule has 0 aliphatic heterocycles. The Labute approximate surface area is 172 Å². The van der Waals surface area contributed by atoms with Crippen LogP contribution in [0, 0.1) is 6.92 Å². The minimum atomic E-state index is -0.179. The summed E-state index contributed by atoms with van der Waals surface area (Å²) in [4.78, 5) is 17.0. The van der Waals surface area contributed by atoms with Gasteiger partial charge in [0.15, 0.2) is 17.3 Å². The molecule has 1 saturated carbocycles. The molecular weight excluding hydrogens is 384 g/mol. The zero-order chi connectivity index (χ0) is 20.7. The molecule has 1 aromatic carbocycles. The Balaban J connectivity index is 1.32. The molecule has 0 atom stereocenters. The number of nitrogens with zero attached hydrogens (tertiary/aromatic N) is 5. The van der Waals surface area contributed by atoms with Crippen molar-refractivity contribution in [3.8, 4) is 17.2 Å². The highest BCUT2D eigenvalue weighted by Crippen LogP contribution is 2.38. The minimum Gasteiger partial charge on any atom is -0.497 e. The van der Waals surface area contributed by atoms with Crippen LogP contribution in [0.15, 0.2) is 41.1 Å². The lowest BCUT2D eigenvalue weighted by atomic mass is 10.1. The largest absolute Gasteiger partial charge is 0.497 e. The van der Waals surface area contributed by atoms with Crippen molar-refractivity contribution in [1.82, 2.24) is 30.1 Å². The summed E-state index contributed by atoms with van der Waals surface area (Å²) in [6.45, 7) is 2.12. The van der Waals surface area contributed by atoms with E-state index in [1.54, 1.807) is 19.2 Å². The van der Waals surface area contributed by atoms with E-state index in [-0.39, 0.29) is 12.5 Å². The van der Waals surface area contributed by atoms with Gasteiger partial charge in [-0.3, -0.25) is 9.20 Å². The first kappa shape index (κ1) is 18.3. The van der Waals surface area contributed by atoms with Crippen LogP contribution in [0.4, 0.5) is 0 Å². The molecule has 1 fully saturated rings. The van der Waals surface area contributed by atoms with Crippen LogP contribution < -0.4 is 10.1 Å². The number of pyridine rings is 1. The van der Waals surface area contributed by atoms with E-state index >= 15 is 0 Å². The number of carbonyl (C=O) groups is 1. The van der Waals surface area contributed by atoms with Crippen molar-refractivity contribution >= 4 is 11.6 Å². The minimum absolute atomic E-state index is 0.179. The summed E-state index contributed by atoms with van der Waals surface area (Å²) >= 11 is 0. The Morgan fingerprint density at radius 3 is 2.90 bits per heavy atom. The van der Waals surface area contributed by atoms with Crippen LogP contribution in [-0.2, 0) is 6.54 Å². The Morgan fingerprint density at radius 1 is 1.27 bits per heavy atom. The first-order valence-corrected chi connectivity index (χ1v) is 9.73. The molecule has 0 unspecified atom stereocenters. The first-order valence-electron chi connectivity index (χ1n) is 9.73. The van der Waals surface area contributed by atoms with Gasteiger partial charge in [-0.25, -0.2) is 0 Å². The van der Waals surface area contributed by atoms with E-state index in [0.29, 0.717) is 34.6 Å². The van der Waals surface area contributed by atoms with Gasteiger partial charge >= 0.3 is 0 Å². The van der Waals surface area contributed by atoms with Crippen molar-refractivity contribution in [2.24, 2.45) is 0 Å². The van der Waals surface area contributed by atoms with E-state index in [9.17, 15) is 4.79 Å². The average Bonchev–Trinajstić information content (AvgIpc) is 3.35. The summed E-state index contributed by atoms with van der Waals surface area (Å²) in [7, 11) is 1.60. The molecule has 3 aromatic heterocycles. The van der Waals surface area contributed by atoms with Crippen LogP contribution in [0.25, 0.3) is 17.1 Å². The van der Waals surface area contributed by atoms with E-state index in [1.165, 1.54) is 0 Å². The van der Waals surface area contributed by atoms with Gasteiger partial charge in [-0.2, -0.15) is 4.98 Å². The van der Waals surface area contributed by atoms with E-state index in [0.717, 1.165) is 29.8 Å². The van der Waals surface area contributed by atoms with Crippen LogP contribution in [0.1, 0.15) is 46.3 Å². The van der Waals surface area contributed by atoms with Crippen LogP contribution in [0.5, 0.6) is 5.75 Å². The standard InChI is InChI=1S/C21H20N6O3/c1-12-9-15(29-2)5-6-16(12)20(28)22-11-18-25-24-17-10-14(7-8-27(17)18)21-23-19(26-30-21)13-3-4-13/h5-10,13H,3-4,11H2,1-2H3,(H,22,28). The normalized spacial score (nSPS) is 13.5. The lowest BCUT2D eigenvalue weighted by Crippen LogP contribution is -2.24. The van der Waals surface area contributed by atoms with Crippen molar-refractivity contribution in [1.29, 1.82) is 0 Å². The Bertz CT molecular complexity index is 1240. The van der Waals surface area contributed by atoms with Crippen molar-refractivity contribution in [2.75, 3.05) is 7.11 Å². The molecule has 4 aromatic rings. The second kappa shape index (κ2) is 7.25. The number of aryl methyl sites for hydroxylation is 1. The molecule has 152 valence electrons. The van der Waals surface area contributed by atoms with E-state index < -0.39 is 0 Å². The second-order valence-corrected chi connectivity index (χ2v) is 7.36. The predicted molar refractivity (Wildman–Crippen MR) is 107 cm³/mol. The van der Waals surface area contributed by atoms with E-state index in [4.69, 9.17) is 9.26 Å². The number of hydrogen-bond donors (Lipinski definition) is 1. The number of aromatic nitrogens is 5. The SMILES string of the molecule is COc1ccc(C(=O)NCc2nnc3cc(-c4nc(C5CC5)no4)ccn23)c(C)c1. The number of carbonyl (C=O) groups excluding carboxylic acids is 1. The number of rotatable bonds is 6. The molecule has 0 bridgehead atoms. The summed E-state index contributed by atoms with van der Waals surface area (Å²) in [5.74, 6) is 2.84. The van der Waals surface area contributed by atoms with Gasteiger partial charge in [0.25, 0.3) is 11.8 Å². The summed E-state index contributed by atoms with van der Waals surface area (Å²) in [5, 5.41) is 15.4. The van der Waals surface area contributed by atoms with Gasteiger partial charge in [-0.1, -0.05) is 5.16 Å². The number of ether oxygens (including phenoxy) is 1. The fourth-order valence-electron chi connectivity index (χ4n) is 3.33. The van der Waals surface area contributed by atoms with Crippen molar-refractivity contribution in [3.05, 3.63) is 59.3 Å². The van der Waals surface area contributed by atoms with Crippen LogP contribution in [0.2, 0.25) is 0 Å². The van der Waals surface area contributed by atoms with Crippen molar-refractivity contribution < 1.29 is 14.1 Å². The lowest BCUT2D eigenvalue weighted by Gasteiger charge is -2.08. The molecule has 9 heteroatoms. The highest BCUT2D eigenvalue weighted by Gasteiger charge is 2.29. The molecule has 1 aliphatic rings. The second-order valence-electron chi connectivity index (χ2n) is 7.36. The van der Waals surface area contributed by atoms with Crippen LogP contribution in [-0.4, -0.2) is 37.8 Å². The van der Waals surface area contributed by atoms with Crippen molar-refractivity contribution in [2.45, 2.75) is 32.2 Å². The van der Waals surface area contributed by atoms with Gasteiger partial charge in [-0.15, -0.1) is 10.2 Å². The van der Waals surface area contributed by atoms with Gasteiger partial charge < -0.3 is 14.6 Å². The highest BCUT2D eigenvalue weighted by atomic mass is 16.5. The zero-order valence-corrected chi connectivity index (χ0v) is 16.6. The predicted octanol–water partition coefficient (Wildman–Crippen LogP) is 2.90. The maximum Gasteiger partial charge on any atom is 0.258 e. The van der Waals surface area contributed by atoms with Gasteiger partial charge in [-0.05, 0) is 55.7 Å². The summed E-state index contributed by atoms with van der Waals surface area (Å²) in [5.41, 5.74) is 2.87. The number of methoxy groups -OCH3 is 1. The molecular formula is C21H20N6O3. The van der Waals surface area contributed by atoms with Gasteiger partial charge in [0, 0.05) is 23.2 Å². The molecule has 3 heterocycles. The Kier molecular flexibility index (Phi) is 4.42. The molecule has 5 rings (SSSR count). The zero-order valence-electron chi connectivity index (χ0n) is 16.6. The molecule has 1 amide bonds. The number of benzene rings is 1. The fraction of sp³-hybridized carbons (Fsp3) is 0.286. The Hall–Kier alpha value is -3.75. The van der Waals surface area contributed by atoms with Crippen LogP contribution in [0.3, 0.4) is 0 Å². The number of amides is 1. The molecule has 0 spiro atoms. The van der Waals surface area contributed by atoms with Crippen molar-refractivity contribution in [3.63, 3.8) is 0 Å². The molecule has 9 nitrogen and oxygen atoms in total. The van der Waals surface area contributed by atoms with Gasteiger partial charge in [0.05, 0.1) is 13.7 Å². The summed E-state index contributed by atoms with van der Waals surface area (Å²) in [6, 6.07) is 9.06. The molecule has 30 heavy (non-hydrogen) atoms. The third-order valence-corrected chi connectivity index (χ3v) is 5.20. The maximum absolute atomic E-state index is 12.6. The number of fused-ring (bicyclic) bond motifs is 1. The maximum atomic E-state index is 12.6. The van der Waals surface area contributed by atoms with Crippen LogP contribution >= 0.6 is 0 Å². The quantitative estimate of drug-likeness (QED) is 0.526. The molecule has 0 radical (unpaired) electrons. The number of hydrogen-bond acceptors (Lipinski definition) is 7. The smallest absolute Gasteiger partial charge is 0.258 e. The van der Waals surface area contributed by atoms with Gasteiger partial charge in [0.1, 0.15) is 5.75 Å². The Morgan fingerprint density at radius 2 is 2.13 bits per heavy atom. The third-order valence-electron chi connectivity index (χ3n) is 5.20. The number of nitrogens with one attached hydrogen (secondary N) is 1. The lowest BCUT2D eigenvalue weighted by molar-refractivity contribution is 0.0949. The fourth-order valence-corrected chi connectivity index (χ4v) is 3.33. The average molecular weight is 404 g/mol. The highest BCUT2D eigenvalue weighted by molar-refractivity contribution is 5.95. The van der Waals surface area contributed by atoms with Gasteiger partial charge in [0.2, 0.25) is 0 Å². The monoisotopic (exact) mass is 404 g/mol. The summed E-state index contributed by atoms with van der Waals surface area (Å²) < 4.78 is 12.4. The summed E-state index contributed by atoms with van der Waals surface area (Å²) in [6.07, 6.45) is 4.08. The van der Waals surface area contributed by atoms with E-state index in [1.807, 2.05) is 35.7 Å².